The average molecular weight is 289 g/mol. The van der Waals surface area contributed by atoms with Gasteiger partial charge in [0.2, 0.25) is 0 Å². The van der Waals surface area contributed by atoms with Crippen LogP contribution in [0.25, 0.3) is 0 Å². The molecule has 0 fully saturated rings. The van der Waals surface area contributed by atoms with Gasteiger partial charge in [0.1, 0.15) is 5.75 Å². The molecular formula is C17H17ClO2. The van der Waals surface area contributed by atoms with Crippen molar-refractivity contribution >= 4 is 17.4 Å². The molecule has 0 aliphatic rings. The Morgan fingerprint density at radius 3 is 2.65 bits per heavy atom. The molecule has 0 heterocycles. The molecular weight excluding hydrogens is 272 g/mol. The number of methoxy groups -OCH3 is 1. The Kier molecular flexibility index (Phi) is 4.80. The summed E-state index contributed by atoms with van der Waals surface area (Å²) in [6.45, 7) is 2.06. The molecule has 20 heavy (non-hydrogen) atoms. The first-order chi connectivity index (χ1) is 9.61. The molecule has 0 atom stereocenters. The summed E-state index contributed by atoms with van der Waals surface area (Å²) in [5.41, 5.74) is 2.95. The van der Waals surface area contributed by atoms with Crippen molar-refractivity contribution in [1.29, 1.82) is 0 Å². The van der Waals surface area contributed by atoms with Crippen molar-refractivity contribution in [1.82, 2.24) is 0 Å². The molecule has 0 N–H and O–H groups in total. The van der Waals surface area contributed by atoms with Crippen LogP contribution in [0, 0.1) is 6.92 Å². The zero-order valence-corrected chi connectivity index (χ0v) is 12.4. The minimum Gasteiger partial charge on any atom is -0.496 e. The van der Waals surface area contributed by atoms with Crippen molar-refractivity contribution in [2.45, 2.75) is 19.8 Å². The van der Waals surface area contributed by atoms with Gasteiger partial charge in [-0.3, -0.25) is 4.79 Å². The molecule has 2 rings (SSSR count). The Labute approximate surface area is 124 Å². The van der Waals surface area contributed by atoms with Crippen molar-refractivity contribution in [2.75, 3.05) is 7.11 Å². The lowest BCUT2D eigenvalue weighted by Crippen LogP contribution is -2.04. The fourth-order valence-electron chi connectivity index (χ4n) is 2.17. The maximum Gasteiger partial charge on any atom is 0.166 e. The SMILES string of the molecule is COc1ccc(Cl)cc1C(=O)CCc1ccccc1C. The lowest BCUT2D eigenvalue weighted by molar-refractivity contribution is 0.0980. The van der Waals surface area contributed by atoms with Crippen molar-refractivity contribution < 1.29 is 9.53 Å². The largest absolute Gasteiger partial charge is 0.496 e. The Bertz CT molecular complexity index is 620. The molecule has 0 bridgehead atoms. The summed E-state index contributed by atoms with van der Waals surface area (Å²) < 4.78 is 5.22. The highest BCUT2D eigenvalue weighted by Gasteiger charge is 2.13. The summed E-state index contributed by atoms with van der Waals surface area (Å²) in [6, 6.07) is 13.2. The molecule has 0 radical (unpaired) electrons. The molecule has 0 aliphatic heterocycles. The van der Waals surface area contributed by atoms with E-state index in [4.69, 9.17) is 16.3 Å². The molecule has 0 saturated heterocycles. The van der Waals surface area contributed by atoms with Gasteiger partial charge in [0.05, 0.1) is 12.7 Å². The summed E-state index contributed by atoms with van der Waals surface area (Å²) in [7, 11) is 1.56. The van der Waals surface area contributed by atoms with E-state index in [2.05, 4.69) is 19.1 Å². The second kappa shape index (κ2) is 6.58. The number of benzene rings is 2. The normalized spacial score (nSPS) is 10.3. The van der Waals surface area contributed by atoms with Crippen LogP contribution in [0.15, 0.2) is 42.5 Å². The maximum absolute atomic E-state index is 12.3. The molecule has 0 aromatic heterocycles. The number of aryl methyl sites for hydroxylation is 2. The summed E-state index contributed by atoms with van der Waals surface area (Å²) in [6.07, 6.45) is 1.17. The van der Waals surface area contributed by atoms with Crippen LogP contribution >= 0.6 is 11.6 Å². The highest BCUT2D eigenvalue weighted by Crippen LogP contribution is 2.24. The van der Waals surface area contributed by atoms with Crippen LogP contribution in [0.2, 0.25) is 5.02 Å². The maximum atomic E-state index is 12.3. The first-order valence-corrected chi connectivity index (χ1v) is 6.91. The monoisotopic (exact) mass is 288 g/mol. The van der Waals surface area contributed by atoms with Crippen LogP contribution in [0.5, 0.6) is 5.75 Å². The van der Waals surface area contributed by atoms with Gasteiger partial charge in [-0.2, -0.15) is 0 Å². The smallest absolute Gasteiger partial charge is 0.166 e. The van der Waals surface area contributed by atoms with Crippen LogP contribution < -0.4 is 4.74 Å². The Hall–Kier alpha value is -1.80. The molecule has 0 amide bonds. The minimum absolute atomic E-state index is 0.0487. The van der Waals surface area contributed by atoms with Crippen molar-refractivity contribution in [2.24, 2.45) is 0 Å². The van der Waals surface area contributed by atoms with E-state index in [9.17, 15) is 4.79 Å². The molecule has 104 valence electrons. The third-order valence-corrected chi connectivity index (χ3v) is 3.58. The van der Waals surface area contributed by atoms with Gasteiger partial charge in [0.25, 0.3) is 0 Å². The van der Waals surface area contributed by atoms with Gasteiger partial charge in [0.15, 0.2) is 5.78 Å². The van der Waals surface area contributed by atoms with Crippen LogP contribution in [0.3, 0.4) is 0 Å². The standard InChI is InChI=1S/C17H17ClO2/c1-12-5-3-4-6-13(12)7-9-16(19)15-11-14(18)8-10-17(15)20-2/h3-6,8,10-11H,7,9H2,1-2H3. The number of carbonyl (C=O) groups excluding carboxylic acids is 1. The lowest BCUT2D eigenvalue weighted by Gasteiger charge is -2.09. The van der Waals surface area contributed by atoms with Crippen molar-refractivity contribution in [3.63, 3.8) is 0 Å². The number of hydrogen-bond donors (Lipinski definition) is 0. The van der Waals surface area contributed by atoms with Gasteiger partial charge in [-0.1, -0.05) is 35.9 Å². The fourth-order valence-corrected chi connectivity index (χ4v) is 2.34. The van der Waals surface area contributed by atoms with Gasteiger partial charge in [-0.15, -0.1) is 0 Å². The van der Waals surface area contributed by atoms with Crippen LogP contribution in [-0.2, 0) is 6.42 Å². The molecule has 0 saturated carbocycles. The summed E-state index contributed by atoms with van der Waals surface area (Å²) in [5, 5.41) is 0.546. The van der Waals surface area contributed by atoms with E-state index >= 15 is 0 Å². The van der Waals surface area contributed by atoms with E-state index in [1.54, 1.807) is 25.3 Å². The molecule has 2 nitrogen and oxygen atoms in total. The molecule has 0 spiro atoms. The van der Waals surface area contributed by atoms with Gasteiger partial charge in [-0.25, -0.2) is 0 Å². The predicted molar refractivity (Wildman–Crippen MR) is 81.8 cm³/mol. The van der Waals surface area contributed by atoms with E-state index in [0.717, 1.165) is 6.42 Å². The number of ether oxygens (including phenoxy) is 1. The van der Waals surface area contributed by atoms with E-state index in [-0.39, 0.29) is 5.78 Å². The molecule has 0 unspecified atom stereocenters. The molecule has 0 aliphatic carbocycles. The number of rotatable bonds is 5. The van der Waals surface area contributed by atoms with Crippen LogP contribution in [0.1, 0.15) is 27.9 Å². The van der Waals surface area contributed by atoms with E-state index in [0.29, 0.717) is 22.8 Å². The van der Waals surface area contributed by atoms with E-state index in [1.165, 1.54) is 11.1 Å². The van der Waals surface area contributed by atoms with Gasteiger partial charge >= 0.3 is 0 Å². The quantitative estimate of drug-likeness (QED) is 0.759. The van der Waals surface area contributed by atoms with Crippen LogP contribution in [-0.4, -0.2) is 12.9 Å². The first-order valence-electron chi connectivity index (χ1n) is 6.53. The summed E-state index contributed by atoms with van der Waals surface area (Å²) in [5.74, 6) is 0.622. The molecule has 2 aromatic rings. The lowest BCUT2D eigenvalue weighted by atomic mass is 9.99. The minimum atomic E-state index is 0.0487. The second-order valence-electron chi connectivity index (χ2n) is 4.69. The third-order valence-electron chi connectivity index (χ3n) is 3.34. The Morgan fingerprint density at radius 2 is 1.95 bits per heavy atom. The van der Waals surface area contributed by atoms with Crippen molar-refractivity contribution in [3.8, 4) is 5.75 Å². The summed E-state index contributed by atoms with van der Waals surface area (Å²) in [4.78, 5) is 12.3. The van der Waals surface area contributed by atoms with Crippen LogP contribution in [0.4, 0.5) is 0 Å². The van der Waals surface area contributed by atoms with Gasteiger partial charge in [-0.05, 0) is 42.7 Å². The number of hydrogen-bond acceptors (Lipinski definition) is 2. The average Bonchev–Trinajstić information content (AvgIpc) is 2.46. The highest BCUT2D eigenvalue weighted by molar-refractivity contribution is 6.31. The Morgan fingerprint density at radius 1 is 1.20 bits per heavy atom. The molecule has 2 aromatic carbocycles. The zero-order chi connectivity index (χ0) is 14.5. The zero-order valence-electron chi connectivity index (χ0n) is 11.7. The summed E-state index contributed by atoms with van der Waals surface area (Å²) >= 11 is 5.95. The van der Waals surface area contributed by atoms with E-state index < -0.39 is 0 Å². The van der Waals surface area contributed by atoms with E-state index in [1.807, 2.05) is 12.1 Å². The van der Waals surface area contributed by atoms with Gasteiger partial charge < -0.3 is 4.74 Å². The van der Waals surface area contributed by atoms with Crippen molar-refractivity contribution in [3.05, 3.63) is 64.2 Å². The predicted octanol–water partition coefficient (Wildman–Crippen LogP) is 4.47. The number of halogens is 1. The fraction of sp³-hybridized carbons (Fsp3) is 0.235. The number of ketones is 1. The Balaban J connectivity index is 2.13. The number of Topliss-reactive ketones (excluding diaryl/α,β-unsaturated/α-hetero) is 1. The first kappa shape index (κ1) is 14.6. The highest BCUT2D eigenvalue weighted by atomic mass is 35.5. The third kappa shape index (κ3) is 3.40. The topological polar surface area (TPSA) is 26.3 Å². The number of carbonyl (C=O) groups is 1. The molecule has 3 heteroatoms. The second-order valence-corrected chi connectivity index (χ2v) is 5.13. The van der Waals surface area contributed by atoms with Gasteiger partial charge in [0, 0.05) is 11.4 Å².